The van der Waals surface area contributed by atoms with Crippen molar-refractivity contribution in [1.82, 2.24) is 0 Å². The van der Waals surface area contributed by atoms with Crippen LogP contribution in [0.3, 0.4) is 0 Å². The molecule has 0 atom stereocenters. The van der Waals surface area contributed by atoms with Gasteiger partial charge in [0.15, 0.2) is 0 Å². The van der Waals surface area contributed by atoms with Gasteiger partial charge in [0, 0.05) is 34.3 Å². The van der Waals surface area contributed by atoms with Crippen LogP contribution >= 0.6 is 23.2 Å². The lowest BCUT2D eigenvalue weighted by Crippen LogP contribution is -2.03. The third-order valence-electron chi connectivity index (χ3n) is 2.91. The molecule has 0 aliphatic heterocycles. The summed E-state index contributed by atoms with van der Waals surface area (Å²) in [5, 5.41) is 14.9. The average Bonchev–Trinajstić information content (AvgIpc) is 2.46. The molecule has 0 aromatic heterocycles. The van der Waals surface area contributed by atoms with Gasteiger partial charge in [-0.15, -0.1) is 0 Å². The molecular weight excluding hydrogens is 315 g/mol. The van der Waals surface area contributed by atoms with E-state index in [4.69, 9.17) is 27.9 Å². The summed E-state index contributed by atoms with van der Waals surface area (Å²) in [6.07, 6.45) is 0. The number of nitrogens with one attached hydrogen (secondary N) is 1. The molecule has 2 rings (SSSR count). The lowest BCUT2D eigenvalue weighted by Gasteiger charge is -2.12. The molecule has 2 aromatic carbocycles. The quantitative estimate of drug-likeness (QED) is 0.648. The second-order valence-corrected chi connectivity index (χ2v) is 5.01. The van der Waals surface area contributed by atoms with Gasteiger partial charge in [0.25, 0.3) is 5.69 Å². The van der Waals surface area contributed by atoms with E-state index in [-0.39, 0.29) is 5.69 Å². The summed E-state index contributed by atoms with van der Waals surface area (Å²) < 4.78 is 5.18. The highest BCUT2D eigenvalue weighted by Crippen LogP contribution is 2.31. The molecular formula is C14H12Cl2N2O3. The smallest absolute Gasteiger partial charge is 0.271 e. The molecule has 0 fully saturated rings. The van der Waals surface area contributed by atoms with Gasteiger partial charge in [-0.3, -0.25) is 10.1 Å². The number of anilines is 1. The van der Waals surface area contributed by atoms with E-state index in [9.17, 15) is 10.1 Å². The Labute approximate surface area is 131 Å². The van der Waals surface area contributed by atoms with Gasteiger partial charge in [0.05, 0.1) is 17.7 Å². The summed E-state index contributed by atoms with van der Waals surface area (Å²) in [6, 6.07) is 9.54. The van der Waals surface area contributed by atoms with Crippen molar-refractivity contribution in [3.63, 3.8) is 0 Å². The van der Waals surface area contributed by atoms with Crippen molar-refractivity contribution in [2.45, 2.75) is 6.54 Å². The number of rotatable bonds is 5. The standard InChI is InChI=1S/C14H12Cl2N2O3/c1-21-14-6-5-9(18(19)20)7-13(14)17-8-10-11(15)3-2-4-12(10)16/h2-7,17H,8H2,1H3. The van der Waals surface area contributed by atoms with Crippen molar-refractivity contribution in [3.05, 3.63) is 62.1 Å². The van der Waals surface area contributed by atoms with Gasteiger partial charge in [-0.2, -0.15) is 0 Å². The first-order valence-electron chi connectivity index (χ1n) is 6.02. The minimum Gasteiger partial charge on any atom is -0.495 e. The molecule has 0 spiro atoms. The molecule has 1 N–H and O–H groups in total. The fourth-order valence-electron chi connectivity index (χ4n) is 1.83. The zero-order chi connectivity index (χ0) is 15.4. The van der Waals surface area contributed by atoms with E-state index < -0.39 is 4.92 Å². The Kier molecular flexibility index (Phi) is 4.88. The fraction of sp³-hybridized carbons (Fsp3) is 0.143. The Morgan fingerprint density at radius 3 is 2.48 bits per heavy atom. The average molecular weight is 327 g/mol. The number of nitro benzene ring substituents is 1. The van der Waals surface area contributed by atoms with Gasteiger partial charge < -0.3 is 10.1 Å². The van der Waals surface area contributed by atoms with Crippen LogP contribution in [0.15, 0.2) is 36.4 Å². The topological polar surface area (TPSA) is 64.4 Å². The monoisotopic (exact) mass is 326 g/mol. The van der Waals surface area contributed by atoms with Crippen LogP contribution in [0.25, 0.3) is 0 Å². The SMILES string of the molecule is COc1ccc([N+](=O)[O-])cc1NCc1c(Cl)cccc1Cl. The normalized spacial score (nSPS) is 10.2. The van der Waals surface area contributed by atoms with Crippen LogP contribution in [0.4, 0.5) is 11.4 Å². The number of hydrogen-bond donors (Lipinski definition) is 1. The number of benzene rings is 2. The summed E-state index contributed by atoms with van der Waals surface area (Å²) in [5.41, 5.74) is 1.20. The zero-order valence-electron chi connectivity index (χ0n) is 11.1. The number of halogens is 2. The Morgan fingerprint density at radius 1 is 1.24 bits per heavy atom. The maximum atomic E-state index is 10.8. The molecule has 110 valence electrons. The maximum absolute atomic E-state index is 10.8. The number of hydrogen-bond acceptors (Lipinski definition) is 4. The van der Waals surface area contributed by atoms with Crippen LogP contribution in [-0.4, -0.2) is 12.0 Å². The van der Waals surface area contributed by atoms with Gasteiger partial charge in [-0.25, -0.2) is 0 Å². The fourth-order valence-corrected chi connectivity index (χ4v) is 2.36. The Balaban J connectivity index is 2.26. The van der Waals surface area contributed by atoms with E-state index in [1.54, 1.807) is 18.2 Å². The Hall–Kier alpha value is -1.98. The molecule has 7 heteroatoms. The molecule has 0 bridgehead atoms. The predicted molar refractivity (Wildman–Crippen MR) is 83.4 cm³/mol. The third kappa shape index (κ3) is 3.56. The van der Waals surface area contributed by atoms with Crippen LogP contribution in [0.1, 0.15) is 5.56 Å². The molecule has 0 unspecified atom stereocenters. The number of ether oxygens (including phenoxy) is 1. The molecule has 0 aliphatic rings. The molecule has 0 amide bonds. The summed E-state index contributed by atoms with van der Waals surface area (Å²) in [6.45, 7) is 0.329. The first kappa shape index (κ1) is 15.4. The second kappa shape index (κ2) is 6.65. The van der Waals surface area contributed by atoms with E-state index in [0.717, 1.165) is 5.56 Å². The molecule has 0 saturated carbocycles. The van der Waals surface area contributed by atoms with Gasteiger partial charge in [-0.05, 0) is 18.2 Å². The molecule has 0 radical (unpaired) electrons. The van der Waals surface area contributed by atoms with E-state index in [0.29, 0.717) is 28.0 Å². The van der Waals surface area contributed by atoms with Crippen LogP contribution in [-0.2, 0) is 6.54 Å². The molecule has 2 aromatic rings. The number of methoxy groups -OCH3 is 1. The highest BCUT2D eigenvalue weighted by Gasteiger charge is 2.12. The summed E-state index contributed by atoms with van der Waals surface area (Å²) >= 11 is 12.2. The highest BCUT2D eigenvalue weighted by atomic mass is 35.5. The molecule has 0 saturated heterocycles. The third-order valence-corrected chi connectivity index (χ3v) is 3.62. The van der Waals surface area contributed by atoms with Crippen molar-refractivity contribution >= 4 is 34.6 Å². The van der Waals surface area contributed by atoms with Crippen molar-refractivity contribution in [2.75, 3.05) is 12.4 Å². The highest BCUT2D eigenvalue weighted by molar-refractivity contribution is 6.36. The van der Waals surface area contributed by atoms with E-state index >= 15 is 0 Å². The minimum atomic E-state index is -0.465. The largest absolute Gasteiger partial charge is 0.495 e. The van der Waals surface area contributed by atoms with Crippen LogP contribution in [0.2, 0.25) is 10.0 Å². The second-order valence-electron chi connectivity index (χ2n) is 4.20. The Bertz CT molecular complexity index is 657. The molecule has 0 aliphatic carbocycles. The number of nitrogens with zero attached hydrogens (tertiary/aromatic N) is 1. The lowest BCUT2D eigenvalue weighted by atomic mass is 10.2. The van der Waals surface area contributed by atoms with Gasteiger partial charge in [-0.1, -0.05) is 29.3 Å². The van der Waals surface area contributed by atoms with Gasteiger partial charge in [0.2, 0.25) is 0 Å². The van der Waals surface area contributed by atoms with Crippen LogP contribution in [0, 0.1) is 10.1 Å². The van der Waals surface area contributed by atoms with E-state index in [1.807, 2.05) is 0 Å². The van der Waals surface area contributed by atoms with Crippen LogP contribution < -0.4 is 10.1 Å². The Morgan fingerprint density at radius 2 is 1.90 bits per heavy atom. The van der Waals surface area contributed by atoms with E-state index in [1.165, 1.54) is 25.3 Å². The summed E-state index contributed by atoms with van der Waals surface area (Å²) in [4.78, 5) is 10.4. The van der Waals surface area contributed by atoms with Crippen molar-refractivity contribution in [3.8, 4) is 5.75 Å². The van der Waals surface area contributed by atoms with Gasteiger partial charge >= 0.3 is 0 Å². The molecule has 21 heavy (non-hydrogen) atoms. The molecule has 0 heterocycles. The van der Waals surface area contributed by atoms with Crippen molar-refractivity contribution < 1.29 is 9.66 Å². The number of nitro groups is 1. The lowest BCUT2D eigenvalue weighted by molar-refractivity contribution is -0.384. The maximum Gasteiger partial charge on any atom is 0.271 e. The summed E-state index contributed by atoms with van der Waals surface area (Å²) in [5.74, 6) is 0.503. The molecule has 5 nitrogen and oxygen atoms in total. The summed E-state index contributed by atoms with van der Waals surface area (Å²) in [7, 11) is 1.49. The van der Waals surface area contributed by atoms with Crippen LogP contribution in [0.5, 0.6) is 5.75 Å². The van der Waals surface area contributed by atoms with E-state index in [2.05, 4.69) is 5.32 Å². The zero-order valence-corrected chi connectivity index (χ0v) is 12.6. The van der Waals surface area contributed by atoms with Crippen molar-refractivity contribution in [1.29, 1.82) is 0 Å². The predicted octanol–water partition coefficient (Wildman–Crippen LogP) is 4.52. The number of non-ortho nitro benzene ring substituents is 1. The van der Waals surface area contributed by atoms with Crippen molar-refractivity contribution in [2.24, 2.45) is 0 Å². The minimum absolute atomic E-state index is 0.0245. The first-order valence-corrected chi connectivity index (χ1v) is 6.77. The first-order chi connectivity index (χ1) is 10.0. The van der Waals surface area contributed by atoms with Gasteiger partial charge in [0.1, 0.15) is 5.75 Å².